The number of hydrogen-bond donors (Lipinski definition) is 3. The summed E-state index contributed by atoms with van der Waals surface area (Å²) in [5.41, 5.74) is 10.4. The van der Waals surface area contributed by atoms with Crippen LogP contribution in [0.1, 0.15) is 135 Å². The van der Waals surface area contributed by atoms with Crippen molar-refractivity contribution in [3.63, 3.8) is 0 Å². The molecule has 262 valence electrons. The molecule has 0 spiro atoms. The Balaban J connectivity index is 0.000000609. The summed E-state index contributed by atoms with van der Waals surface area (Å²) in [4.78, 5) is 0. The van der Waals surface area contributed by atoms with Crippen LogP contribution in [0.5, 0.6) is 11.5 Å². The van der Waals surface area contributed by atoms with Gasteiger partial charge in [0.2, 0.25) is 0 Å². The van der Waals surface area contributed by atoms with E-state index in [2.05, 4.69) is 41.5 Å². The second kappa shape index (κ2) is 22.1. The van der Waals surface area contributed by atoms with Gasteiger partial charge in [0.05, 0.1) is 32.5 Å². The molecule has 0 aromatic heterocycles. The molecule has 0 aliphatic carbocycles. The van der Waals surface area contributed by atoms with E-state index < -0.39 is 6.10 Å². The van der Waals surface area contributed by atoms with Crippen molar-refractivity contribution in [1.29, 1.82) is 0 Å². The van der Waals surface area contributed by atoms with Crippen LogP contribution in [0.25, 0.3) is 0 Å². The van der Waals surface area contributed by atoms with E-state index in [1.807, 2.05) is 33.8 Å². The topological polar surface area (TPSA) is 94.2 Å². The van der Waals surface area contributed by atoms with E-state index >= 15 is 0 Å². The first-order chi connectivity index (χ1) is 21.3. The number of aliphatic hydroxyl groups excluding tert-OH is 1. The normalized spacial score (nSPS) is 18.6. The number of allylic oxidation sites excluding steroid dienone is 1. The van der Waals surface area contributed by atoms with E-state index in [1.165, 1.54) is 56.9 Å². The number of phenols is 1. The van der Waals surface area contributed by atoms with Crippen LogP contribution >= 0.6 is 0 Å². The van der Waals surface area contributed by atoms with Crippen LogP contribution < -0.4 is 10.5 Å². The fourth-order valence-electron chi connectivity index (χ4n) is 6.10. The Labute approximate surface area is 277 Å². The summed E-state index contributed by atoms with van der Waals surface area (Å²) in [6, 6.07) is 0. The number of rotatable bonds is 20. The molecule has 4 unspecified atom stereocenters. The molecule has 1 aliphatic heterocycles. The van der Waals surface area contributed by atoms with Gasteiger partial charge in [0.1, 0.15) is 17.1 Å². The molecule has 0 fully saturated rings. The van der Waals surface area contributed by atoms with Crippen molar-refractivity contribution in [2.75, 3.05) is 33.0 Å². The summed E-state index contributed by atoms with van der Waals surface area (Å²) in [6.07, 6.45) is 15.4. The molecule has 4 atom stereocenters. The van der Waals surface area contributed by atoms with E-state index in [9.17, 15) is 10.2 Å². The van der Waals surface area contributed by atoms with Crippen LogP contribution in [0.4, 0.5) is 0 Å². The first-order valence-corrected chi connectivity index (χ1v) is 17.9. The average Bonchev–Trinajstić information content (AvgIpc) is 3.00. The summed E-state index contributed by atoms with van der Waals surface area (Å²) >= 11 is 0. The molecule has 6 nitrogen and oxygen atoms in total. The van der Waals surface area contributed by atoms with E-state index in [-0.39, 0.29) is 5.60 Å². The molecule has 0 bridgehead atoms. The Hall–Kier alpha value is -1.60. The zero-order chi connectivity index (χ0) is 34.0. The molecule has 1 aromatic carbocycles. The summed E-state index contributed by atoms with van der Waals surface area (Å²) < 4.78 is 16.9. The van der Waals surface area contributed by atoms with Gasteiger partial charge in [-0.1, -0.05) is 78.7 Å². The summed E-state index contributed by atoms with van der Waals surface area (Å²) in [5.74, 6) is 4.04. The van der Waals surface area contributed by atoms with Crippen molar-refractivity contribution in [3.05, 3.63) is 33.9 Å². The number of ether oxygens (including phenoxy) is 3. The molecule has 45 heavy (non-hydrogen) atoms. The predicted molar refractivity (Wildman–Crippen MR) is 191 cm³/mol. The number of phenolic OH excluding ortho intramolecular Hbond substituents is 1. The van der Waals surface area contributed by atoms with Crippen LogP contribution in [0.15, 0.2) is 11.6 Å². The van der Waals surface area contributed by atoms with Crippen LogP contribution in [0.2, 0.25) is 0 Å². The average molecular weight is 634 g/mol. The summed E-state index contributed by atoms with van der Waals surface area (Å²) in [5, 5.41) is 19.9. The molecular formula is C39H71NO5. The van der Waals surface area contributed by atoms with Crippen molar-refractivity contribution in [2.45, 2.75) is 152 Å². The minimum absolute atomic E-state index is 0.0712. The van der Waals surface area contributed by atoms with Crippen LogP contribution in [-0.4, -0.2) is 54.9 Å². The van der Waals surface area contributed by atoms with Crippen molar-refractivity contribution < 1.29 is 24.4 Å². The Morgan fingerprint density at radius 2 is 1.47 bits per heavy atom. The van der Waals surface area contributed by atoms with Crippen LogP contribution in [0, 0.1) is 38.5 Å². The van der Waals surface area contributed by atoms with Crippen molar-refractivity contribution in [1.82, 2.24) is 0 Å². The summed E-state index contributed by atoms with van der Waals surface area (Å²) in [7, 11) is 0. The van der Waals surface area contributed by atoms with Gasteiger partial charge >= 0.3 is 0 Å². The highest BCUT2D eigenvalue weighted by atomic mass is 16.5. The van der Waals surface area contributed by atoms with Gasteiger partial charge in [0.15, 0.2) is 0 Å². The zero-order valence-corrected chi connectivity index (χ0v) is 30.9. The maximum absolute atomic E-state index is 10.4. The lowest BCUT2D eigenvalue weighted by Crippen LogP contribution is -2.37. The van der Waals surface area contributed by atoms with Crippen molar-refractivity contribution in [2.24, 2.45) is 23.5 Å². The van der Waals surface area contributed by atoms with Gasteiger partial charge in [-0.25, -0.2) is 0 Å². The van der Waals surface area contributed by atoms with Gasteiger partial charge in [0.25, 0.3) is 0 Å². The predicted octanol–water partition coefficient (Wildman–Crippen LogP) is 9.15. The third-order valence-corrected chi connectivity index (χ3v) is 9.76. The molecule has 1 aliphatic rings. The molecule has 0 radical (unpaired) electrons. The maximum atomic E-state index is 10.4. The highest BCUT2D eigenvalue weighted by molar-refractivity contribution is 5.58. The van der Waals surface area contributed by atoms with Gasteiger partial charge in [0, 0.05) is 12.1 Å². The first kappa shape index (κ1) is 41.4. The third-order valence-electron chi connectivity index (χ3n) is 9.76. The fraction of sp³-hybridized carbons (Fsp3) is 0.795. The van der Waals surface area contributed by atoms with Crippen molar-refractivity contribution >= 4 is 0 Å². The fourth-order valence-corrected chi connectivity index (χ4v) is 6.10. The number of benzene rings is 1. The van der Waals surface area contributed by atoms with Gasteiger partial charge in [-0.2, -0.15) is 0 Å². The summed E-state index contributed by atoms with van der Waals surface area (Å²) in [6.45, 7) is 24.1. The largest absolute Gasteiger partial charge is 0.507 e. The Morgan fingerprint density at radius 1 is 0.889 bits per heavy atom. The smallest absolute Gasteiger partial charge is 0.127 e. The highest BCUT2D eigenvalue weighted by Gasteiger charge is 2.34. The van der Waals surface area contributed by atoms with Crippen molar-refractivity contribution in [3.8, 4) is 11.5 Å². The minimum atomic E-state index is -0.505. The second-order valence-corrected chi connectivity index (χ2v) is 14.5. The van der Waals surface area contributed by atoms with Gasteiger partial charge in [-0.05, 0) is 107 Å². The molecule has 0 saturated heterocycles. The zero-order valence-electron chi connectivity index (χ0n) is 30.9. The number of aromatic hydroxyl groups is 1. The monoisotopic (exact) mass is 634 g/mol. The van der Waals surface area contributed by atoms with E-state index in [0.29, 0.717) is 38.7 Å². The van der Waals surface area contributed by atoms with Crippen LogP contribution in [0.3, 0.4) is 0 Å². The van der Waals surface area contributed by atoms with E-state index in [4.69, 9.17) is 19.9 Å². The number of fused-ring (bicyclic) bond motifs is 1. The SMILES string of the molecule is CC=C(C)C(O)COCCOCCN.Cc1c(C)c2c(c(C)c1O)CCC(C)(CCCC(C)CCCC(C)CCCC(C)C)O2. The molecule has 0 saturated carbocycles. The lowest BCUT2D eigenvalue weighted by molar-refractivity contribution is 0.0158. The number of aliphatic hydroxyl groups is 1. The van der Waals surface area contributed by atoms with E-state index in [1.54, 1.807) is 0 Å². The van der Waals surface area contributed by atoms with Gasteiger partial charge in [-0.3, -0.25) is 0 Å². The molecular weight excluding hydrogens is 562 g/mol. The first-order valence-electron chi connectivity index (χ1n) is 17.9. The lowest BCUT2D eigenvalue weighted by Gasteiger charge is -2.38. The Kier molecular flexibility index (Phi) is 20.3. The maximum Gasteiger partial charge on any atom is 0.127 e. The molecule has 2 rings (SSSR count). The molecule has 1 heterocycles. The van der Waals surface area contributed by atoms with Gasteiger partial charge in [-0.15, -0.1) is 0 Å². The minimum Gasteiger partial charge on any atom is -0.507 e. The Morgan fingerprint density at radius 3 is 2.04 bits per heavy atom. The lowest BCUT2D eigenvalue weighted by atomic mass is 9.84. The Bertz CT molecular complexity index is 990. The molecule has 1 aromatic rings. The van der Waals surface area contributed by atoms with E-state index in [0.717, 1.165) is 65.0 Å². The molecule has 4 N–H and O–H groups in total. The second-order valence-electron chi connectivity index (χ2n) is 14.5. The standard InChI is InChI=1S/C29H50O2.C10H21NO3/c1-20(2)12-9-13-21(3)14-10-15-22(4)16-11-18-29(8)19-17-26-25(7)27(30)23(5)24(6)28(26)31-29;1-3-9(2)10(12)8-14-7-6-13-5-4-11/h20-22,30H,9-19H2,1-8H3;3,10,12H,4-8,11H2,1-2H3. The molecule has 6 heteroatoms. The molecule has 0 amide bonds. The highest BCUT2D eigenvalue weighted by Crippen LogP contribution is 2.44. The quantitative estimate of drug-likeness (QED) is 0.0979. The number of hydrogen-bond acceptors (Lipinski definition) is 6. The van der Waals surface area contributed by atoms with Gasteiger partial charge < -0.3 is 30.2 Å². The number of nitrogens with two attached hydrogens (primary N) is 1. The third kappa shape index (κ3) is 15.7. The van der Waals surface area contributed by atoms with Crippen LogP contribution in [-0.2, 0) is 15.9 Å².